The van der Waals surface area contributed by atoms with E-state index in [9.17, 15) is 0 Å². The third-order valence-electron chi connectivity index (χ3n) is 2.68. The smallest absolute Gasteiger partial charge is 0.0587 e. The molecule has 5 heteroatoms. The van der Waals surface area contributed by atoms with E-state index in [0.29, 0.717) is 5.25 Å². The maximum absolute atomic E-state index is 8.98. The van der Waals surface area contributed by atoms with Crippen molar-refractivity contribution in [3.63, 3.8) is 0 Å². The molecular weight excluding hydrogens is 326 g/mol. The Morgan fingerprint density at radius 1 is 1.47 bits per heavy atom. The molecule has 0 aromatic heterocycles. The zero-order valence-electron chi connectivity index (χ0n) is 11.5. The van der Waals surface area contributed by atoms with Gasteiger partial charge in [-0.25, -0.2) is 0 Å². The van der Waals surface area contributed by atoms with Crippen molar-refractivity contribution in [2.24, 2.45) is 0 Å². The molecule has 3 nitrogen and oxygen atoms in total. The summed E-state index contributed by atoms with van der Waals surface area (Å²) in [5, 5.41) is 12.8. The molecule has 1 aromatic rings. The predicted octanol–water partition coefficient (Wildman–Crippen LogP) is 3.05. The lowest BCUT2D eigenvalue weighted by atomic mass is 10.2. The maximum Gasteiger partial charge on any atom is 0.0587 e. The highest BCUT2D eigenvalue weighted by Gasteiger charge is 2.08. The molecule has 0 spiro atoms. The van der Waals surface area contributed by atoms with Crippen LogP contribution in [-0.4, -0.2) is 37.2 Å². The lowest BCUT2D eigenvalue weighted by molar-refractivity contribution is 0.199. The Kier molecular flexibility index (Phi) is 8.74. The summed E-state index contributed by atoms with van der Waals surface area (Å²) in [4.78, 5) is 1.27. The second-order valence-electron chi connectivity index (χ2n) is 4.36. The average molecular weight is 348 g/mol. The normalized spacial score (nSPS) is 12.6. The van der Waals surface area contributed by atoms with Gasteiger partial charge in [0.25, 0.3) is 0 Å². The Hall–Kier alpha value is -0.0700. The number of thioether (sulfide) groups is 1. The van der Waals surface area contributed by atoms with Gasteiger partial charge in [0.15, 0.2) is 0 Å². The molecule has 0 aliphatic rings. The van der Waals surface area contributed by atoms with Crippen molar-refractivity contribution in [3.05, 3.63) is 28.2 Å². The molecule has 0 aliphatic carbocycles. The van der Waals surface area contributed by atoms with E-state index in [1.165, 1.54) is 10.5 Å². The summed E-state index contributed by atoms with van der Waals surface area (Å²) in [6.07, 6.45) is 0.817. The first-order chi connectivity index (χ1) is 9.17. The molecule has 19 heavy (non-hydrogen) atoms. The van der Waals surface area contributed by atoms with E-state index in [1.54, 1.807) is 7.11 Å². The fourth-order valence-electron chi connectivity index (χ4n) is 1.66. The molecule has 0 saturated carbocycles. The highest BCUT2D eigenvalue weighted by Crippen LogP contribution is 2.30. The fraction of sp³-hybridized carbons (Fsp3) is 0.571. The fourth-order valence-corrected chi connectivity index (χ4v) is 3.15. The van der Waals surface area contributed by atoms with Gasteiger partial charge in [-0.15, -0.1) is 11.8 Å². The molecule has 0 amide bonds. The van der Waals surface area contributed by atoms with E-state index in [2.05, 4.69) is 46.4 Å². The summed E-state index contributed by atoms with van der Waals surface area (Å²) in [5.41, 5.74) is 1.28. The van der Waals surface area contributed by atoms with Crippen molar-refractivity contribution in [1.29, 1.82) is 0 Å². The van der Waals surface area contributed by atoms with Crippen molar-refractivity contribution in [2.45, 2.75) is 30.0 Å². The van der Waals surface area contributed by atoms with Crippen LogP contribution in [0.4, 0.5) is 0 Å². The van der Waals surface area contributed by atoms with Crippen LogP contribution in [0.3, 0.4) is 0 Å². The van der Waals surface area contributed by atoms with Gasteiger partial charge < -0.3 is 15.2 Å². The molecule has 0 bridgehead atoms. The highest BCUT2D eigenvalue weighted by atomic mass is 79.9. The Labute approximate surface area is 128 Å². The first-order valence-electron chi connectivity index (χ1n) is 6.43. The van der Waals surface area contributed by atoms with Crippen LogP contribution >= 0.6 is 27.7 Å². The quantitative estimate of drug-likeness (QED) is 0.532. The van der Waals surface area contributed by atoms with E-state index in [4.69, 9.17) is 9.84 Å². The van der Waals surface area contributed by atoms with Crippen LogP contribution in [0.1, 0.15) is 18.9 Å². The second kappa shape index (κ2) is 9.77. The zero-order valence-corrected chi connectivity index (χ0v) is 13.9. The molecule has 1 rings (SSSR count). The first-order valence-corrected chi connectivity index (χ1v) is 8.10. The number of benzene rings is 1. The van der Waals surface area contributed by atoms with Crippen molar-refractivity contribution in [2.75, 3.05) is 26.9 Å². The van der Waals surface area contributed by atoms with Crippen molar-refractivity contribution in [3.8, 4) is 0 Å². The van der Waals surface area contributed by atoms with Crippen LogP contribution in [0, 0.1) is 0 Å². The van der Waals surface area contributed by atoms with Gasteiger partial charge in [-0.3, -0.25) is 0 Å². The number of ether oxygens (including phenoxy) is 1. The Morgan fingerprint density at radius 2 is 2.26 bits per heavy atom. The lowest BCUT2D eigenvalue weighted by Gasteiger charge is -2.14. The molecule has 0 aliphatic heterocycles. The Bertz CT molecular complexity index is 376. The molecule has 2 N–H and O–H groups in total. The largest absolute Gasteiger partial charge is 0.396 e. The summed E-state index contributed by atoms with van der Waals surface area (Å²) in [6, 6.07) is 6.34. The van der Waals surface area contributed by atoms with Crippen LogP contribution in [0.25, 0.3) is 0 Å². The molecule has 1 unspecified atom stereocenters. The average Bonchev–Trinajstić information content (AvgIpc) is 2.38. The number of hydrogen-bond donors (Lipinski definition) is 2. The predicted molar refractivity (Wildman–Crippen MR) is 84.7 cm³/mol. The zero-order chi connectivity index (χ0) is 14.1. The Morgan fingerprint density at radius 3 is 2.95 bits per heavy atom. The van der Waals surface area contributed by atoms with E-state index in [0.717, 1.165) is 30.6 Å². The van der Waals surface area contributed by atoms with Crippen LogP contribution < -0.4 is 5.32 Å². The Balaban J connectivity index is 2.62. The summed E-state index contributed by atoms with van der Waals surface area (Å²) in [6.45, 7) is 4.78. The SMILES string of the molecule is COCCNCc1cc(Br)ccc1SC(C)CCO. The molecule has 108 valence electrons. The van der Waals surface area contributed by atoms with Gasteiger partial charge in [0.2, 0.25) is 0 Å². The monoisotopic (exact) mass is 347 g/mol. The minimum atomic E-state index is 0.242. The van der Waals surface area contributed by atoms with Gasteiger partial charge >= 0.3 is 0 Å². The minimum Gasteiger partial charge on any atom is -0.396 e. The van der Waals surface area contributed by atoms with Crippen molar-refractivity contribution in [1.82, 2.24) is 5.32 Å². The number of nitrogens with one attached hydrogen (secondary N) is 1. The van der Waals surface area contributed by atoms with Crippen molar-refractivity contribution >= 4 is 27.7 Å². The molecular formula is C14H22BrNO2S. The summed E-state index contributed by atoms with van der Waals surface area (Å²) in [5.74, 6) is 0. The number of halogens is 1. The molecule has 0 saturated heterocycles. The molecule has 1 atom stereocenters. The summed E-state index contributed by atoms with van der Waals surface area (Å²) < 4.78 is 6.12. The van der Waals surface area contributed by atoms with Crippen LogP contribution in [0.5, 0.6) is 0 Å². The number of methoxy groups -OCH3 is 1. The van der Waals surface area contributed by atoms with E-state index in [1.807, 2.05) is 11.8 Å². The second-order valence-corrected chi connectivity index (χ2v) is 6.76. The first kappa shape index (κ1) is 17.0. The lowest BCUT2D eigenvalue weighted by Crippen LogP contribution is -2.19. The van der Waals surface area contributed by atoms with Gasteiger partial charge in [-0.2, -0.15) is 0 Å². The van der Waals surface area contributed by atoms with Gasteiger partial charge in [0, 0.05) is 41.4 Å². The number of aliphatic hydroxyl groups is 1. The summed E-state index contributed by atoms with van der Waals surface area (Å²) in [7, 11) is 1.71. The molecule has 1 aromatic carbocycles. The van der Waals surface area contributed by atoms with E-state index < -0.39 is 0 Å². The van der Waals surface area contributed by atoms with Gasteiger partial charge in [0.1, 0.15) is 0 Å². The maximum atomic E-state index is 8.98. The molecule has 0 heterocycles. The third-order valence-corrected chi connectivity index (χ3v) is 4.47. The topological polar surface area (TPSA) is 41.5 Å². The summed E-state index contributed by atoms with van der Waals surface area (Å²) >= 11 is 5.33. The van der Waals surface area contributed by atoms with Crippen molar-refractivity contribution < 1.29 is 9.84 Å². The van der Waals surface area contributed by atoms with Crippen LogP contribution in [-0.2, 0) is 11.3 Å². The van der Waals surface area contributed by atoms with E-state index >= 15 is 0 Å². The molecule has 0 radical (unpaired) electrons. The third kappa shape index (κ3) is 6.77. The highest BCUT2D eigenvalue weighted by molar-refractivity contribution is 9.10. The number of aliphatic hydroxyl groups excluding tert-OH is 1. The number of hydrogen-bond acceptors (Lipinski definition) is 4. The van der Waals surface area contributed by atoms with Crippen LogP contribution in [0.2, 0.25) is 0 Å². The van der Waals surface area contributed by atoms with Gasteiger partial charge in [0.05, 0.1) is 6.61 Å². The van der Waals surface area contributed by atoms with Gasteiger partial charge in [-0.1, -0.05) is 22.9 Å². The molecule has 0 fully saturated rings. The van der Waals surface area contributed by atoms with Gasteiger partial charge in [-0.05, 0) is 30.2 Å². The van der Waals surface area contributed by atoms with E-state index in [-0.39, 0.29) is 6.61 Å². The number of rotatable bonds is 9. The minimum absolute atomic E-state index is 0.242. The van der Waals surface area contributed by atoms with Crippen LogP contribution in [0.15, 0.2) is 27.6 Å². The standard InChI is InChI=1S/C14H22BrNO2S/c1-11(5-7-17)19-14-4-3-13(15)9-12(14)10-16-6-8-18-2/h3-4,9,11,16-17H,5-8,10H2,1-2H3.